The Kier molecular flexibility index (Phi) is 3.56. The third-order valence-corrected chi connectivity index (χ3v) is 5.48. The van der Waals surface area contributed by atoms with Gasteiger partial charge in [0.25, 0.3) is 0 Å². The van der Waals surface area contributed by atoms with E-state index in [2.05, 4.69) is 43.0 Å². The number of rotatable bonds is 3. The number of carboxylic acid groups (broad SMARTS) is 1. The van der Waals surface area contributed by atoms with E-state index < -0.39 is 5.97 Å². The van der Waals surface area contributed by atoms with E-state index >= 15 is 0 Å². The lowest BCUT2D eigenvalue weighted by Gasteiger charge is -2.49. The summed E-state index contributed by atoms with van der Waals surface area (Å²) in [4.78, 5) is 14.0. The molecular weight excluding hydrogens is 262 g/mol. The Balaban J connectivity index is 2.13. The molecular formula is C18H25NO2. The van der Waals surface area contributed by atoms with Crippen LogP contribution in [0.15, 0.2) is 24.3 Å². The molecule has 1 atom stereocenters. The van der Waals surface area contributed by atoms with Crippen LogP contribution < -0.4 is 0 Å². The Morgan fingerprint density at radius 1 is 1.14 bits per heavy atom. The molecule has 1 aromatic carbocycles. The molecule has 0 radical (unpaired) electrons. The van der Waals surface area contributed by atoms with Gasteiger partial charge in [0.15, 0.2) is 0 Å². The Morgan fingerprint density at radius 3 is 2.38 bits per heavy atom. The zero-order valence-corrected chi connectivity index (χ0v) is 13.1. The van der Waals surface area contributed by atoms with Crippen molar-refractivity contribution in [1.82, 2.24) is 4.90 Å². The average Bonchev–Trinajstić information content (AvgIpc) is 2.97. The van der Waals surface area contributed by atoms with Crippen molar-refractivity contribution in [1.29, 1.82) is 0 Å². The van der Waals surface area contributed by atoms with E-state index in [0.29, 0.717) is 0 Å². The number of aliphatic carboxylic acids is 1. The van der Waals surface area contributed by atoms with Crippen molar-refractivity contribution in [3.63, 3.8) is 0 Å². The summed E-state index contributed by atoms with van der Waals surface area (Å²) in [6.45, 7) is 6.62. The number of fused-ring (bicyclic) bond motifs is 1. The normalized spacial score (nSPS) is 28.3. The van der Waals surface area contributed by atoms with Gasteiger partial charge in [-0.3, -0.25) is 9.69 Å². The first-order chi connectivity index (χ1) is 9.96. The van der Waals surface area contributed by atoms with Gasteiger partial charge >= 0.3 is 5.97 Å². The molecule has 0 aromatic heterocycles. The van der Waals surface area contributed by atoms with Crippen molar-refractivity contribution in [3.05, 3.63) is 35.4 Å². The van der Waals surface area contributed by atoms with Gasteiger partial charge in [0.05, 0.1) is 12.0 Å². The van der Waals surface area contributed by atoms with E-state index in [-0.39, 0.29) is 17.4 Å². The molecule has 2 aliphatic rings. The lowest BCUT2D eigenvalue weighted by molar-refractivity contribution is -0.141. The van der Waals surface area contributed by atoms with E-state index in [1.54, 1.807) is 0 Å². The molecule has 0 saturated carbocycles. The molecule has 3 rings (SSSR count). The van der Waals surface area contributed by atoms with Crippen LogP contribution in [0.3, 0.4) is 0 Å². The van der Waals surface area contributed by atoms with Gasteiger partial charge in [-0.25, -0.2) is 0 Å². The fraction of sp³-hybridized carbons (Fsp3) is 0.611. The molecule has 0 bridgehead atoms. The van der Waals surface area contributed by atoms with Gasteiger partial charge in [-0.05, 0) is 55.3 Å². The predicted octanol–water partition coefficient (Wildman–Crippen LogP) is 3.52. The number of nitrogens with zero attached hydrogens (tertiary/aromatic N) is 1. The summed E-state index contributed by atoms with van der Waals surface area (Å²) < 4.78 is 0. The lowest BCUT2D eigenvalue weighted by Crippen LogP contribution is -2.50. The number of carbonyl (C=O) groups is 1. The Morgan fingerprint density at radius 2 is 1.76 bits per heavy atom. The van der Waals surface area contributed by atoms with Crippen molar-refractivity contribution in [2.45, 2.75) is 56.9 Å². The maximum Gasteiger partial charge on any atom is 0.305 e. The number of hydrogen-bond donors (Lipinski definition) is 1. The molecule has 1 aliphatic heterocycles. The standard InChI is InChI=1S/C18H25NO2/c1-17(2)9-10-18(13-16(20)21,19-11-5-6-12-19)15-8-4-3-7-14(15)17/h3-4,7-8H,5-6,9-13H2,1-2H3,(H,20,21). The summed E-state index contributed by atoms with van der Waals surface area (Å²) in [5.41, 5.74) is 2.43. The first-order valence-electron chi connectivity index (χ1n) is 8.03. The van der Waals surface area contributed by atoms with E-state index in [9.17, 15) is 9.90 Å². The Hall–Kier alpha value is -1.35. The molecule has 0 spiro atoms. The van der Waals surface area contributed by atoms with Gasteiger partial charge in [0.2, 0.25) is 0 Å². The maximum absolute atomic E-state index is 11.6. The van der Waals surface area contributed by atoms with Crippen LogP contribution in [0.5, 0.6) is 0 Å². The molecule has 114 valence electrons. The first kappa shape index (κ1) is 14.6. The largest absolute Gasteiger partial charge is 0.481 e. The zero-order chi connectivity index (χ0) is 15.1. The molecule has 1 saturated heterocycles. The SMILES string of the molecule is CC1(C)CCC(CC(=O)O)(N2CCCC2)c2ccccc21. The summed E-state index contributed by atoms with van der Waals surface area (Å²) >= 11 is 0. The molecule has 1 unspecified atom stereocenters. The molecule has 0 amide bonds. The first-order valence-corrected chi connectivity index (χ1v) is 8.03. The van der Waals surface area contributed by atoms with Gasteiger partial charge in [-0.1, -0.05) is 38.1 Å². The Bertz CT molecular complexity index is 546. The van der Waals surface area contributed by atoms with Crippen LogP contribution >= 0.6 is 0 Å². The van der Waals surface area contributed by atoms with Crippen molar-refractivity contribution < 1.29 is 9.90 Å². The summed E-state index contributed by atoms with van der Waals surface area (Å²) in [7, 11) is 0. The zero-order valence-electron chi connectivity index (χ0n) is 13.1. The second kappa shape index (κ2) is 5.13. The van der Waals surface area contributed by atoms with Crippen LogP contribution in [0.25, 0.3) is 0 Å². The van der Waals surface area contributed by atoms with Crippen molar-refractivity contribution in [2.75, 3.05) is 13.1 Å². The molecule has 3 nitrogen and oxygen atoms in total. The lowest BCUT2D eigenvalue weighted by atomic mass is 9.64. The Labute approximate surface area is 127 Å². The molecule has 3 heteroatoms. The number of carboxylic acids is 1. The number of hydrogen-bond acceptors (Lipinski definition) is 2. The van der Waals surface area contributed by atoms with Gasteiger partial charge in [0.1, 0.15) is 0 Å². The van der Waals surface area contributed by atoms with Crippen molar-refractivity contribution >= 4 is 5.97 Å². The number of benzene rings is 1. The average molecular weight is 287 g/mol. The van der Waals surface area contributed by atoms with Gasteiger partial charge in [-0.15, -0.1) is 0 Å². The molecule has 1 heterocycles. The van der Waals surface area contributed by atoms with Gasteiger partial charge in [0, 0.05) is 0 Å². The van der Waals surface area contributed by atoms with E-state index in [4.69, 9.17) is 0 Å². The smallest absolute Gasteiger partial charge is 0.305 e. The highest BCUT2D eigenvalue weighted by Gasteiger charge is 2.48. The highest BCUT2D eigenvalue weighted by atomic mass is 16.4. The summed E-state index contributed by atoms with van der Waals surface area (Å²) in [5.74, 6) is -0.684. The van der Waals surface area contributed by atoms with Gasteiger partial charge in [-0.2, -0.15) is 0 Å². The molecule has 21 heavy (non-hydrogen) atoms. The molecule has 1 N–H and O–H groups in total. The molecule has 1 fully saturated rings. The summed E-state index contributed by atoms with van der Waals surface area (Å²) in [6, 6.07) is 8.51. The third-order valence-electron chi connectivity index (χ3n) is 5.48. The third kappa shape index (κ3) is 2.38. The predicted molar refractivity (Wildman–Crippen MR) is 83.4 cm³/mol. The summed E-state index contributed by atoms with van der Waals surface area (Å²) in [6.07, 6.45) is 4.59. The maximum atomic E-state index is 11.6. The summed E-state index contributed by atoms with van der Waals surface area (Å²) in [5, 5.41) is 9.52. The minimum absolute atomic E-state index is 0.137. The van der Waals surface area contributed by atoms with Crippen molar-refractivity contribution in [2.24, 2.45) is 0 Å². The van der Waals surface area contributed by atoms with E-state index in [1.165, 1.54) is 24.0 Å². The topological polar surface area (TPSA) is 40.5 Å². The molecule has 1 aliphatic carbocycles. The van der Waals surface area contributed by atoms with E-state index in [1.807, 2.05) is 0 Å². The van der Waals surface area contributed by atoms with Crippen LogP contribution in [-0.4, -0.2) is 29.1 Å². The van der Waals surface area contributed by atoms with Crippen LogP contribution in [0.1, 0.15) is 57.1 Å². The second-order valence-electron chi connectivity index (χ2n) is 7.23. The highest BCUT2D eigenvalue weighted by Crippen LogP contribution is 2.50. The van der Waals surface area contributed by atoms with E-state index in [0.717, 1.165) is 25.9 Å². The quantitative estimate of drug-likeness (QED) is 0.924. The fourth-order valence-electron chi connectivity index (χ4n) is 4.29. The van der Waals surface area contributed by atoms with Crippen LogP contribution in [0, 0.1) is 0 Å². The van der Waals surface area contributed by atoms with Crippen molar-refractivity contribution in [3.8, 4) is 0 Å². The fourth-order valence-corrected chi connectivity index (χ4v) is 4.29. The molecule has 1 aromatic rings. The monoisotopic (exact) mass is 287 g/mol. The minimum atomic E-state index is -0.684. The van der Waals surface area contributed by atoms with Crippen LogP contribution in [0.4, 0.5) is 0 Å². The van der Waals surface area contributed by atoms with Gasteiger partial charge < -0.3 is 5.11 Å². The highest BCUT2D eigenvalue weighted by molar-refractivity contribution is 5.69. The number of likely N-dealkylation sites (tertiary alicyclic amines) is 1. The van der Waals surface area contributed by atoms with Crippen LogP contribution in [-0.2, 0) is 15.7 Å². The van der Waals surface area contributed by atoms with Crippen LogP contribution in [0.2, 0.25) is 0 Å². The second-order valence-corrected chi connectivity index (χ2v) is 7.23. The minimum Gasteiger partial charge on any atom is -0.481 e.